The summed E-state index contributed by atoms with van der Waals surface area (Å²) >= 11 is 1.65. The molecule has 1 saturated heterocycles. The molecule has 3 N–H and O–H groups in total. The smallest absolute Gasteiger partial charge is 0.191 e. The molecular weight excluding hydrogens is 495 g/mol. The topological polar surface area (TPSA) is 59.9 Å². The van der Waals surface area contributed by atoms with Crippen LogP contribution in [0.2, 0.25) is 0 Å². The van der Waals surface area contributed by atoms with Crippen molar-refractivity contribution in [1.29, 1.82) is 0 Å². The first-order valence-electron chi connectivity index (χ1n) is 10.5. The Hall–Kier alpha value is -0.900. The minimum absolute atomic E-state index is 0. The number of nitrogens with one attached hydrogen (secondary N) is 2. The van der Waals surface area contributed by atoms with Crippen LogP contribution in [-0.2, 0) is 0 Å². The van der Waals surface area contributed by atoms with Gasteiger partial charge < -0.3 is 20.6 Å². The average molecular weight is 531 g/mol. The van der Waals surface area contributed by atoms with E-state index in [0.29, 0.717) is 6.54 Å². The van der Waals surface area contributed by atoms with Crippen molar-refractivity contribution in [2.24, 2.45) is 10.9 Å². The summed E-state index contributed by atoms with van der Waals surface area (Å²) in [5, 5.41) is 18.3. The highest BCUT2D eigenvalue weighted by Gasteiger charge is 2.15. The first kappa shape index (κ1) is 24.4. The van der Waals surface area contributed by atoms with Gasteiger partial charge >= 0.3 is 0 Å². The predicted molar refractivity (Wildman–Crippen MR) is 136 cm³/mol. The lowest BCUT2D eigenvalue weighted by Gasteiger charge is -2.30. The van der Waals surface area contributed by atoms with E-state index in [0.717, 1.165) is 29.7 Å². The Morgan fingerprint density at radius 2 is 2.00 bits per heavy atom. The molecule has 5 nitrogen and oxygen atoms in total. The fourth-order valence-electron chi connectivity index (χ4n) is 3.63. The number of rotatable bonds is 8. The average Bonchev–Trinajstić information content (AvgIpc) is 3.15. The maximum Gasteiger partial charge on any atom is 0.191 e. The number of guanidine groups is 1. The predicted octanol–water partition coefficient (Wildman–Crippen LogP) is 4.23. The van der Waals surface area contributed by atoms with Gasteiger partial charge in [0.1, 0.15) is 6.10 Å². The van der Waals surface area contributed by atoms with Crippen LogP contribution in [0, 0.1) is 5.92 Å². The molecule has 162 valence electrons. The number of benzene rings is 1. The van der Waals surface area contributed by atoms with E-state index in [-0.39, 0.29) is 24.0 Å². The number of thiophene rings is 1. The summed E-state index contributed by atoms with van der Waals surface area (Å²) in [5.74, 6) is 1.65. The van der Waals surface area contributed by atoms with E-state index in [1.54, 1.807) is 18.4 Å². The lowest BCUT2D eigenvalue weighted by Crippen LogP contribution is -2.40. The minimum atomic E-state index is -0.530. The Morgan fingerprint density at radius 3 is 2.72 bits per heavy atom. The number of fused-ring (bicyclic) bond motifs is 1. The molecular formula is C22H35IN4OS. The van der Waals surface area contributed by atoms with Crippen molar-refractivity contribution >= 4 is 51.4 Å². The fourth-order valence-corrected chi connectivity index (χ4v) is 4.68. The van der Waals surface area contributed by atoms with Crippen molar-refractivity contribution in [2.75, 3.05) is 39.8 Å². The molecule has 0 aliphatic carbocycles. The zero-order valence-electron chi connectivity index (χ0n) is 17.6. The Labute approximate surface area is 196 Å². The number of piperidine rings is 1. The maximum absolute atomic E-state index is 10.5. The van der Waals surface area contributed by atoms with Crippen LogP contribution >= 0.6 is 35.3 Å². The number of nitrogens with zero attached hydrogens (tertiary/aromatic N) is 2. The number of unbranched alkanes of at least 4 members (excludes halogenated alkanes) is 1. The van der Waals surface area contributed by atoms with Crippen molar-refractivity contribution in [3.8, 4) is 0 Å². The van der Waals surface area contributed by atoms with Crippen LogP contribution < -0.4 is 10.6 Å². The molecule has 1 aromatic carbocycles. The number of aliphatic hydroxyl groups is 1. The molecule has 1 fully saturated rings. The normalized spacial score (nSPS) is 17.1. The number of halogens is 1. The molecule has 29 heavy (non-hydrogen) atoms. The molecule has 2 heterocycles. The highest BCUT2D eigenvalue weighted by Crippen LogP contribution is 2.29. The number of aliphatic imine (C=N–C) groups is 1. The van der Waals surface area contributed by atoms with Gasteiger partial charge in [-0.05, 0) is 68.8 Å². The van der Waals surface area contributed by atoms with Crippen LogP contribution in [0.4, 0.5) is 0 Å². The van der Waals surface area contributed by atoms with Crippen LogP contribution in [0.15, 0.2) is 35.3 Å². The van der Waals surface area contributed by atoms with Crippen molar-refractivity contribution in [1.82, 2.24) is 15.5 Å². The second-order valence-electron chi connectivity index (χ2n) is 7.81. The third kappa shape index (κ3) is 7.70. The van der Waals surface area contributed by atoms with Crippen molar-refractivity contribution < 1.29 is 5.11 Å². The first-order valence-corrected chi connectivity index (χ1v) is 11.3. The highest BCUT2D eigenvalue weighted by molar-refractivity contribution is 14.0. The molecule has 7 heteroatoms. The van der Waals surface area contributed by atoms with Crippen LogP contribution in [0.25, 0.3) is 10.1 Å². The lowest BCUT2D eigenvalue weighted by molar-refractivity contribution is 0.184. The molecule has 0 saturated carbocycles. The summed E-state index contributed by atoms with van der Waals surface area (Å²) in [5.41, 5.74) is 0. The quantitative estimate of drug-likeness (QED) is 0.207. The number of likely N-dealkylation sites (tertiary alicyclic amines) is 1. The zero-order valence-corrected chi connectivity index (χ0v) is 20.7. The molecule has 0 spiro atoms. The van der Waals surface area contributed by atoms with Gasteiger partial charge in [-0.15, -0.1) is 35.3 Å². The van der Waals surface area contributed by atoms with Crippen molar-refractivity contribution in [3.05, 3.63) is 35.2 Å². The van der Waals surface area contributed by atoms with Gasteiger partial charge in [0.2, 0.25) is 0 Å². The van der Waals surface area contributed by atoms with Gasteiger partial charge in [0.25, 0.3) is 0 Å². The summed E-state index contributed by atoms with van der Waals surface area (Å²) in [7, 11) is 1.77. The van der Waals surface area contributed by atoms with E-state index < -0.39 is 6.10 Å². The Kier molecular flexibility index (Phi) is 10.7. The van der Waals surface area contributed by atoms with Gasteiger partial charge in [0.05, 0.1) is 0 Å². The van der Waals surface area contributed by atoms with Crippen molar-refractivity contribution in [3.63, 3.8) is 0 Å². The molecule has 1 aromatic heterocycles. The van der Waals surface area contributed by atoms with E-state index in [9.17, 15) is 5.11 Å². The summed E-state index contributed by atoms with van der Waals surface area (Å²) in [6.07, 6.45) is 4.50. The monoisotopic (exact) mass is 530 g/mol. The molecule has 1 atom stereocenters. The second-order valence-corrected chi connectivity index (χ2v) is 8.93. The van der Waals surface area contributed by atoms with Gasteiger partial charge in [-0.2, -0.15) is 0 Å². The highest BCUT2D eigenvalue weighted by atomic mass is 127. The molecule has 1 aliphatic heterocycles. The lowest BCUT2D eigenvalue weighted by atomic mass is 9.99. The Balaban J connectivity index is 0.00000300. The van der Waals surface area contributed by atoms with E-state index in [1.807, 2.05) is 12.1 Å². The Morgan fingerprint density at radius 1 is 1.24 bits per heavy atom. The van der Waals surface area contributed by atoms with Crippen LogP contribution in [-0.4, -0.2) is 55.7 Å². The molecule has 3 rings (SSSR count). The molecule has 1 aliphatic rings. The third-order valence-electron chi connectivity index (χ3n) is 5.53. The standard InChI is InChI=1S/C22H34N4OS.HI/c1-17-9-13-26(14-10-17)12-6-5-11-24-22(23-2)25-16-19(27)21-15-18-7-3-4-8-20(18)28-21;/h3-4,7-8,15,17,19,27H,5-6,9-14,16H2,1-2H3,(H2,23,24,25);1H. The van der Waals surface area contributed by atoms with E-state index in [1.165, 1.54) is 49.0 Å². The second kappa shape index (κ2) is 12.7. The van der Waals surface area contributed by atoms with Crippen molar-refractivity contribution in [2.45, 2.75) is 38.7 Å². The van der Waals surface area contributed by atoms with Gasteiger partial charge in [-0.3, -0.25) is 4.99 Å². The van der Waals surface area contributed by atoms with Crippen LogP contribution in [0.1, 0.15) is 43.6 Å². The maximum atomic E-state index is 10.5. The zero-order chi connectivity index (χ0) is 19.8. The van der Waals surface area contributed by atoms with Gasteiger partial charge in [0.15, 0.2) is 5.96 Å². The summed E-state index contributed by atoms with van der Waals surface area (Å²) in [4.78, 5) is 7.85. The van der Waals surface area contributed by atoms with Gasteiger partial charge in [-0.1, -0.05) is 25.1 Å². The first-order chi connectivity index (χ1) is 13.7. The SMILES string of the molecule is CN=C(NCCCCN1CCC(C)CC1)NCC(O)c1cc2ccccc2s1.I. The third-order valence-corrected chi connectivity index (χ3v) is 6.75. The van der Waals surface area contributed by atoms with Gasteiger partial charge in [0, 0.05) is 29.7 Å². The molecule has 1 unspecified atom stereocenters. The molecule has 2 aromatic rings. The summed E-state index contributed by atoms with van der Waals surface area (Å²) in [6, 6.07) is 10.3. The number of hydrogen-bond donors (Lipinski definition) is 3. The Bertz CT molecular complexity index is 725. The fraction of sp³-hybridized carbons (Fsp3) is 0.591. The molecule has 0 radical (unpaired) electrons. The molecule has 0 amide bonds. The van der Waals surface area contributed by atoms with E-state index in [4.69, 9.17) is 0 Å². The summed E-state index contributed by atoms with van der Waals surface area (Å²) in [6.45, 7) is 7.44. The largest absolute Gasteiger partial charge is 0.386 e. The number of hydrogen-bond acceptors (Lipinski definition) is 4. The number of aliphatic hydroxyl groups excluding tert-OH is 1. The van der Waals surface area contributed by atoms with E-state index in [2.05, 4.69) is 45.6 Å². The summed E-state index contributed by atoms with van der Waals surface area (Å²) < 4.78 is 1.21. The van der Waals surface area contributed by atoms with Crippen LogP contribution in [0.5, 0.6) is 0 Å². The van der Waals surface area contributed by atoms with Crippen LogP contribution in [0.3, 0.4) is 0 Å². The minimum Gasteiger partial charge on any atom is -0.386 e. The van der Waals surface area contributed by atoms with E-state index >= 15 is 0 Å². The molecule has 0 bridgehead atoms. The van der Waals surface area contributed by atoms with Gasteiger partial charge in [-0.25, -0.2) is 0 Å².